The fourth-order valence-corrected chi connectivity index (χ4v) is 2.88. The highest BCUT2D eigenvalue weighted by atomic mass is 16.2. The molecule has 1 aliphatic carbocycles. The summed E-state index contributed by atoms with van der Waals surface area (Å²) in [7, 11) is 0. The number of carbonyl (C=O) groups excluding carboxylic acids is 1. The summed E-state index contributed by atoms with van der Waals surface area (Å²) < 4.78 is 1.80. The Morgan fingerprint density at radius 1 is 1.20 bits per heavy atom. The van der Waals surface area contributed by atoms with E-state index in [9.17, 15) is 4.79 Å². The number of aromatic nitrogens is 3. The molecular formula is C14H23N5O. The maximum atomic E-state index is 12.2. The summed E-state index contributed by atoms with van der Waals surface area (Å²) in [4.78, 5) is 12.2. The second kappa shape index (κ2) is 6.35. The van der Waals surface area contributed by atoms with Crippen LogP contribution in [0.2, 0.25) is 0 Å². The SMILES string of the molecule is O=C(NC1CCCCCCC1)c1cn(C2CNC2)nn1. The molecule has 1 aliphatic heterocycles. The monoisotopic (exact) mass is 277 g/mol. The fraction of sp³-hybridized carbons (Fsp3) is 0.786. The van der Waals surface area contributed by atoms with Crippen molar-refractivity contribution < 1.29 is 4.79 Å². The van der Waals surface area contributed by atoms with Crippen molar-refractivity contribution in [2.75, 3.05) is 13.1 Å². The lowest BCUT2D eigenvalue weighted by atomic mass is 9.97. The molecule has 2 aliphatic rings. The Morgan fingerprint density at radius 3 is 2.55 bits per heavy atom. The van der Waals surface area contributed by atoms with Crippen molar-refractivity contribution in [3.63, 3.8) is 0 Å². The molecule has 1 saturated carbocycles. The summed E-state index contributed by atoms with van der Waals surface area (Å²) in [6, 6.07) is 0.656. The number of amides is 1. The normalized spacial score (nSPS) is 21.8. The van der Waals surface area contributed by atoms with Crippen molar-refractivity contribution in [2.45, 2.75) is 57.0 Å². The molecule has 0 bridgehead atoms. The number of hydrogen-bond acceptors (Lipinski definition) is 4. The number of hydrogen-bond donors (Lipinski definition) is 2. The van der Waals surface area contributed by atoms with Crippen LogP contribution in [0, 0.1) is 0 Å². The van der Waals surface area contributed by atoms with E-state index in [-0.39, 0.29) is 5.91 Å². The Morgan fingerprint density at radius 2 is 1.90 bits per heavy atom. The van der Waals surface area contributed by atoms with Crippen LogP contribution in [0.4, 0.5) is 0 Å². The van der Waals surface area contributed by atoms with Gasteiger partial charge in [-0.1, -0.05) is 37.3 Å². The van der Waals surface area contributed by atoms with Crippen molar-refractivity contribution >= 4 is 5.91 Å². The summed E-state index contributed by atoms with van der Waals surface area (Å²) >= 11 is 0. The van der Waals surface area contributed by atoms with Crippen molar-refractivity contribution in [3.8, 4) is 0 Å². The molecule has 1 saturated heterocycles. The Hall–Kier alpha value is -1.43. The van der Waals surface area contributed by atoms with Crippen LogP contribution in [0.15, 0.2) is 6.20 Å². The molecule has 3 rings (SSSR count). The van der Waals surface area contributed by atoms with Crippen molar-refractivity contribution in [1.29, 1.82) is 0 Å². The summed E-state index contributed by atoms with van der Waals surface area (Å²) in [6.45, 7) is 1.82. The van der Waals surface area contributed by atoms with Crippen LogP contribution in [0.3, 0.4) is 0 Å². The third kappa shape index (κ3) is 3.17. The molecule has 110 valence electrons. The van der Waals surface area contributed by atoms with E-state index in [0.29, 0.717) is 17.8 Å². The first-order chi connectivity index (χ1) is 9.83. The minimum absolute atomic E-state index is 0.0749. The molecule has 20 heavy (non-hydrogen) atoms. The Labute approximate surface area is 119 Å². The summed E-state index contributed by atoms with van der Waals surface area (Å²) in [5, 5.41) is 14.4. The lowest BCUT2D eigenvalue weighted by Gasteiger charge is -2.26. The molecule has 2 heterocycles. The lowest BCUT2D eigenvalue weighted by molar-refractivity contribution is 0.0925. The molecule has 0 aromatic carbocycles. The van der Waals surface area contributed by atoms with Gasteiger partial charge in [-0.2, -0.15) is 0 Å². The van der Waals surface area contributed by atoms with E-state index >= 15 is 0 Å². The molecule has 6 heteroatoms. The van der Waals surface area contributed by atoms with Gasteiger partial charge in [-0.15, -0.1) is 5.10 Å². The number of nitrogens with zero attached hydrogens (tertiary/aromatic N) is 3. The van der Waals surface area contributed by atoms with Crippen molar-refractivity contribution in [2.24, 2.45) is 0 Å². The standard InChI is InChI=1S/C14H23N5O/c20-14(16-11-6-4-2-1-3-5-7-11)13-10-19(18-17-13)12-8-15-9-12/h10-12,15H,1-9H2,(H,16,20). The van der Waals surface area contributed by atoms with Gasteiger partial charge in [0, 0.05) is 19.1 Å². The minimum atomic E-state index is -0.0749. The molecule has 0 unspecified atom stereocenters. The lowest BCUT2D eigenvalue weighted by Crippen LogP contribution is -2.43. The molecule has 0 radical (unpaired) electrons. The molecule has 2 N–H and O–H groups in total. The minimum Gasteiger partial charge on any atom is -0.348 e. The van der Waals surface area contributed by atoms with E-state index in [4.69, 9.17) is 0 Å². The Kier molecular flexibility index (Phi) is 4.30. The molecule has 2 fully saturated rings. The van der Waals surface area contributed by atoms with Gasteiger partial charge in [0.05, 0.1) is 12.2 Å². The third-order valence-electron chi connectivity index (χ3n) is 4.32. The van der Waals surface area contributed by atoms with Crippen LogP contribution in [0.1, 0.15) is 61.5 Å². The predicted molar refractivity (Wildman–Crippen MR) is 75.5 cm³/mol. The first kappa shape index (κ1) is 13.5. The van der Waals surface area contributed by atoms with E-state index in [2.05, 4.69) is 20.9 Å². The molecule has 0 spiro atoms. The van der Waals surface area contributed by atoms with Crippen LogP contribution in [-0.2, 0) is 0 Å². The summed E-state index contributed by atoms with van der Waals surface area (Å²) in [5.74, 6) is -0.0749. The van der Waals surface area contributed by atoms with Crippen LogP contribution >= 0.6 is 0 Å². The quantitative estimate of drug-likeness (QED) is 0.872. The van der Waals surface area contributed by atoms with E-state index < -0.39 is 0 Å². The van der Waals surface area contributed by atoms with Crippen LogP contribution in [-0.4, -0.2) is 40.0 Å². The van der Waals surface area contributed by atoms with Gasteiger partial charge in [0.1, 0.15) is 0 Å². The topological polar surface area (TPSA) is 71.8 Å². The van der Waals surface area contributed by atoms with Crippen LogP contribution in [0.25, 0.3) is 0 Å². The van der Waals surface area contributed by atoms with Gasteiger partial charge in [0.2, 0.25) is 0 Å². The van der Waals surface area contributed by atoms with E-state index in [1.54, 1.807) is 10.9 Å². The Balaban J connectivity index is 1.55. The molecule has 0 atom stereocenters. The zero-order valence-corrected chi connectivity index (χ0v) is 11.8. The number of nitrogens with one attached hydrogen (secondary N) is 2. The highest BCUT2D eigenvalue weighted by molar-refractivity contribution is 5.92. The highest BCUT2D eigenvalue weighted by Gasteiger charge is 2.22. The van der Waals surface area contributed by atoms with Crippen molar-refractivity contribution in [3.05, 3.63) is 11.9 Å². The molecule has 1 amide bonds. The second-order valence-corrected chi connectivity index (χ2v) is 5.91. The molecule has 1 aromatic heterocycles. The van der Waals surface area contributed by atoms with Gasteiger partial charge in [0.25, 0.3) is 5.91 Å². The average molecular weight is 277 g/mol. The smallest absolute Gasteiger partial charge is 0.273 e. The number of rotatable bonds is 3. The van der Waals surface area contributed by atoms with Gasteiger partial charge in [0.15, 0.2) is 5.69 Å². The fourth-order valence-electron chi connectivity index (χ4n) is 2.88. The van der Waals surface area contributed by atoms with Crippen molar-refractivity contribution in [1.82, 2.24) is 25.6 Å². The second-order valence-electron chi connectivity index (χ2n) is 5.91. The molecule has 6 nitrogen and oxygen atoms in total. The largest absolute Gasteiger partial charge is 0.348 e. The van der Waals surface area contributed by atoms with Gasteiger partial charge in [-0.25, -0.2) is 4.68 Å². The van der Waals surface area contributed by atoms with E-state index in [1.165, 1.54) is 32.1 Å². The zero-order chi connectivity index (χ0) is 13.8. The summed E-state index contributed by atoms with van der Waals surface area (Å²) in [5.41, 5.74) is 0.443. The summed E-state index contributed by atoms with van der Waals surface area (Å²) in [6.07, 6.45) is 10.3. The maximum absolute atomic E-state index is 12.2. The average Bonchev–Trinajstić information content (AvgIpc) is 2.79. The van der Waals surface area contributed by atoms with Gasteiger partial charge >= 0.3 is 0 Å². The first-order valence-corrected chi connectivity index (χ1v) is 7.76. The first-order valence-electron chi connectivity index (χ1n) is 7.76. The molecular weight excluding hydrogens is 254 g/mol. The van der Waals surface area contributed by atoms with Crippen LogP contribution < -0.4 is 10.6 Å². The van der Waals surface area contributed by atoms with Gasteiger partial charge in [-0.3, -0.25) is 4.79 Å². The third-order valence-corrected chi connectivity index (χ3v) is 4.32. The predicted octanol–water partition coefficient (Wildman–Crippen LogP) is 1.27. The molecule has 1 aromatic rings. The Bertz CT molecular complexity index is 446. The van der Waals surface area contributed by atoms with E-state index in [1.807, 2.05) is 0 Å². The van der Waals surface area contributed by atoms with E-state index in [0.717, 1.165) is 25.9 Å². The highest BCUT2D eigenvalue weighted by Crippen LogP contribution is 2.17. The van der Waals surface area contributed by atoms with Gasteiger partial charge in [-0.05, 0) is 12.8 Å². The zero-order valence-electron chi connectivity index (χ0n) is 11.8. The maximum Gasteiger partial charge on any atom is 0.273 e. The van der Waals surface area contributed by atoms with Gasteiger partial charge < -0.3 is 10.6 Å². The number of carbonyl (C=O) groups is 1. The van der Waals surface area contributed by atoms with Crippen LogP contribution in [0.5, 0.6) is 0 Å².